The van der Waals surface area contributed by atoms with Gasteiger partial charge in [0.05, 0.1) is 6.10 Å². The number of fused-ring (bicyclic) bond motifs is 2. The number of piperazine rings is 1. The summed E-state index contributed by atoms with van der Waals surface area (Å²) in [5.41, 5.74) is 5.36. The van der Waals surface area contributed by atoms with Gasteiger partial charge in [-0.2, -0.15) is 0 Å². The van der Waals surface area contributed by atoms with E-state index in [1.54, 1.807) is 6.92 Å². The Morgan fingerprint density at radius 2 is 1.94 bits per heavy atom. The second kappa shape index (κ2) is 9.20. The summed E-state index contributed by atoms with van der Waals surface area (Å²) in [6.07, 6.45) is 3.28. The molecule has 0 saturated carbocycles. The Morgan fingerprint density at radius 1 is 1.16 bits per heavy atom. The quantitative estimate of drug-likeness (QED) is 0.716. The van der Waals surface area contributed by atoms with Gasteiger partial charge in [0.25, 0.3) is 5.91 Å². The molecule has 1 N–H and O–H groups in total. The number of aliphatic hydroxyl groups excluding tert-OH is 1. The fourth-order valence-corrected chi connectivity index (χ4v) is 5.14. The molecule has 1 aromatic carbocycles. The minimum atomic E-state index is -0.487. The van der Waals surface area contributed by atoms with Crippen LogP contribution in [0.25, 0.3) is 0 Å². The topological polar surface area (TPSA) is 65.9 Å². The number of ether oxygens (including phenoxy) is 1. The van der Waals surface area contributed by atoms with E-state index in [9.17, 15) is 9.90 Å². The normalized spacial score (nSPS) is 22.2. The van der Waals surface area contributed by atoms with Crippen molar-refractivity contribution in [2.75, 3.05) is 19.7 Å². The van der Waals surface area contributed by atoms with Crippen molar-refractivity contribution >= 4 is 5.91 Å². The fourth-order valence-electron chi connectivity index (χ4n) is 5.14. The molecule has 6 heteroatoms. The molecule has 0 aliphatic carbocycles. The molecule has 2 aromatic rings. The zero-order valence-corrected chi connectivity index (χ0v) is 19.8. The van der Waals surface area contributed by atoms with Crippen LogP contribution in [0.5, 0.6) is 5.75 Å². The van der Waals surface area contributed by atoms with Crippen molar-refractivity contribution in [1.82, 2.24) is 14.8 Å². The highest BCUT2D eigenvalue weighted by Crippen LogP contribution is 2.39. The molecule has 2 fully saturated rings. The highest BCUT2D eigenvalue weighted by Gasteiger charge is 2.47. The number of hydrogen-bond acceptors (Lipinski definition) is 5. The van der Waals surface area contributed by atoms with Gasteiger partial charge in [0.2, 0.25) is 0 Å². The number of benzene rings is 1. The lowest BCUT2D eigenvalue weighted by Crippen LogP contribution is -2.49. The molecule has 2 saturated heterocycles. The molecular weight excluding hydrogens is 402 g/mol. The van der Waals surface area contributed by atoms with Crippen LogP contribution < -0.4 is 4.74 Å². The van der Waals surface area contributed by atoms with Crippen LogP contribution in [-0.2, 0) is 6.42 Å². The number of hydrogen-bond donors (Lipinski definition) is 1. The van der Waals surface area contributed by atoms with E-state index in [4.69, 9.17) is 4.74 Å². The highest BCUT2D eigenvalue weighted by atomic mass is 16.5. The largest absolute Gasteiger partial charge is 0.491 e. The van der Waals surface area contributed by atoms with Crippen molar-refractivity contribution < 1.29 is 14.6 Å². The molecule has 1 aromatic heterocycles. The number of rotatable bonds is 7. The van der Waals surface area contributed by atoms with Crippen LogP contribution in [0.1, 0.15) is 66.0 Å². The molecule has 4 rings (SSSR count). The maximum absolute atomic E-state index is 13.0. The summed E-state index contributed by atoms with van der Waals surface area (Å²) in [5, 5.41) is 9.51. The van der Waals surface area contributed by atoms with Crippen molar-refractivity contribution in [2.45, 2.75) is 71.7 Å². The van der Waals surface area contributed by atoms with Crippen molar-refractivity contribution in [3.8, 4) is 5.75 Å². The second-order valence-corrected chi connectivity index (χ2v) is 9.34. The maximum atomic E-state index is 13.0. The number of carbonyl (C=O) groups is 1. The zero-order chi connectivity index (χ0) is 23.0. The van der Waals surface area contributed by atoms with E-state index in [1.807, 2.05) is 29.3 Å². The molecule has 2 aliphatic rings. The van der Waals surface area contributed by atoms with Gasteiger partial charge < -0.3 is 14.7 Å². The summed E-state index contributed by atoms with van der Waals surface area (Å²) in [4.78, 5) is 22.0. The molecule has 6 nitrogen and oxygen atoms in total. The minimum Gasteiger partial charge on any atom is -0.491 e. The van der Waals surface area contributed by atoms with Crippen LogP contribution in [-0.4, -0.2) is 63.7 Å². The van der Waals surface area contributed by atoms with E-state index in [0.29, 0.717) is 18.3 Å². The lowest BCUT2D eigenvalue weighted by molar-refractivity contribution is 0.0563. The summed E-state index contributed by atoms with van der Waals surface area (Å²) >= 11 is 0. The molecule has 32 heavy (non-hydrogen) atoms. The van der Waals surface area contributed by atoms with Gasteiger partial charge in [-0.15, -0.1) is 0 Å². The summed E-state index contributed by atoms with van der Waals surface area (Å²) < 4.78 is 5.77. The number of carbonyl (C=O) groups excluding carboxylic acids is 1. The van der Waals surface area contributed by atoms with E-state index < -0.39 is 6.10 Å². The van der Waals surface area contributed by atoms with Crippen LogP contribution in [0.4, 0.5) is 0 Å². The van der Waals surface area contributed by atoms with Gasteiger partial charge >= 0.3 is 0 Å². The molecule has 2 bridgehead atoms. The SMILES string of the molecule is CCc1ccc(C(=O)N2C[C@H]3C[C@@H]2CN3[C@@H](C)c2ccc(OC[C@@H](C)O)c(C)c2C)nc1. The Hall–Kier alpha value is -2.44. The Balaban J connectivity index is 1.44. The van der Waals surface area contributed by atoms with Gasteiger partial charge in [0, 0.05) is 37.4 Å². The van der Waals surface area contributed by atoms with E-state index in [0.717, 1.165) is 42.8 Å². The molecular formula is C26H35N3O3. The number of pyridine rings is 1. The van der Waals surface area contributed by atoms with Crippen molar-refractivity contribution in [3.63, 3.8) is 0 Å². The standard InChI is InChI=1S/C26H35N3O3/c1-6-20-7-9-24(27-12-20)26(31)29-14-21-11-22(29)13-28(21)19(5)23-8-10-25(18(4)17(23)3)32-15-16(2)30/h7-10,12,16,19,21-22,30H,6,11,13-15H2,1-5H3/t16-,19+,21-,22-/m1/s1. The average molecular weight is 438 g/mol. The molecule has 3 heterocycles. The van der Waals surface area contributed by atoms with Crippen LogP contribution >= 0.6 is 0 Å². The van der Waals surface area contributed by atoms with Crippen molar-refractivity contribution in [3.05, 3.63) is 58.4 Å². The van der Waals surface area contributed by atoms with Crippen LogP contribution in [0, 0.1) is 13.8 Å². The third kappa shape index (κ3) is 4.26. The fraction of sp³-hybridized carbons (Fsp3) is 0.538. The lowest BCUT2D eigenvalue weighted by atomic mass is 9.96. The third-order valence-corrected chi connectivity index (χ3v) is 7.20. The predicted octanol–water partition coefficient (Wildman–Crippen LogP) is 3.68. The summed E-state index contributed by atoms with van der Waals surface area (Å²) in [6, 6.07) is 8.93. The summed E-state index contributed by atoms with van der Waals surface area (Å²) in [5.74, 6) is 0.889. The monoisotopic (exact) mass is 437 g/mol. The molecule has 0 radical (unpaired) electrons. The number of aromatic nitrogens is 1. The first-order chi connectivity index (χ1) is 15.3. The predicted molar refractivity (Wildman–Crippen MR) is 125 cm³/mol. The van der Waals surface area contributed by atoms with Gasteiger partial charge in [-0.05, 0) is 74.9 Å². The average Bonchev–Trinajstić information content (AvgIpc) is 3.40. The van der Waals surface area contributed by atoms with E-state index in [1.165, 1.54) is 11.1 Å². The number of likely N-dealkylation sites (tertiary alicyclic amines) is 2. The van der Waals surface area contributed by atoms with Crippen LogP contribution in [0.3, 0.4) is 0 Å². The summed E-state index contributed by atoms with van der Waals surface area (Å²) in [6.45, 7) is 12.3. The molecule has 2 aliphatic heterocycles. The van der Waals surface area contributed by atoms with Crippen LogP contribution in [0.2, 0.25) is 0 Å². The molecule has 172 valence electrons. The zero-order valence-electron chi connectivity index (χ0n) is 19.8. The Kier molecular flexibility index (Phi) is 6.54. The summed E-state index contributed by atoms with van der Waals surface area (Å²) in [7, 11) is 0. The van der Waals surface area contributed by atoms with Crippen molar-refractivity contribution in [1.29, 1.82) is 0 Å². The Morgan fingerprint density at radius 3 is 2.53 bits per heavy atom. The Bertz CT molecular complexity index is 973. The molecule has 0 unspecified atom stereocenters. The first-order valence-electron chi connectivity index (χ1n) is 11.7. The minimum absolute atomic E-state index is 0.0547. The number of amides is 1. The number of aryl methyl sites for hydroxylation is 1. The maximum Gasteiger partial charge on any atom is 0.272 e. The number of aliphatic hydroxyl groups is 1. The van der Waals surface area contributed by atoms with Gasteiger partial charge in [0.1, 0.15) is 18.1 Å². The van der Waals surface area contributed by atoms with Gasteiger partial charge in [-0.3, -0.25) is 14.7 Å². The van der Waals surface area contributed by atoms with Gasteiger partial charge in [-0.1, -0.05) is 19.1 Å². The van der Waals surface area contributed by atoms with Crippen LogP contribution in [0.15, 0.2) is 30.5 Å². The van der Waals surface area contributed by atoms with Gasteiger partial charge in [-0.25, -0.2) is 0 Å². The van der Waals surface area contributed by atoms with E-state index in [2.05, 4.69) is 43.6 Å². The lowest BCUT2D eigenvalue weighted by Gasteiger charge is -2.38. The van der Waals surface area contributed by atoms with E-state index in [-0.39, 0.29) is 18.0 Å². The molecule has 0 spiro atoms. The highest BCUT2D eigenvalue weighted by molar-refractivity contribution is 5.93. The number of nitrogens with zero attached hydrogens (tertiary/aromatic N) is 3. The first-order valence-corrected chi connectivity index (χ1v) is 11.7. The second-order valence-electron chi connectivity index (χ2n) is 9.34. The molecule has 1 amide bonds. The van der Waals surface area contributed by atoms with Crippen molar-refractivity contribution in [2.24, 2.45) is 0 Å². The Labute approximate surface area is 191 Å². The smallest absolute Gasteiger partial charge is 0.272 e. The van der Waals surface area contributed by atoms with E-state index >= 15 is 0 Å². The first kappa shape index (κ1) is 22.7. The molecule has 4 atom stereocenters. The third-order valence-electron chi connectivity index (χ3n) is 7.20. The van der Waals surface area contributed by atoms with Gasteiger partial charge in [0.15, 0.2) is 0 Å².